The number of hydrogen-bond acceptors (Lipinski definition) is 4. The molecule has 0 saturated heterocycles. The Balaban J connectivity index is 2.08. The number of fused-ring (bicyclic) bond motifs is 7. The summed E-state index contributed by atoms with van der Waals surface area (Å²) >= 11 is 0. The number of ether oxygens (including phenoxy) is 1. The van der Waals surface area contributed by atoms with Crippen LogP contribution in [0.1, 0.15) is 24.9 Å². The fraction of sp³-hybridized carbons (Fsp3) is 0.333. The minimum atomic E-state index is -0.694. The highest BCUT2D eigenvalue weighted by Gasteiger charge is 2.49. The van der Waals surface area contributed by atoms with E-state index in [1.807, 2.05) is 31.2 Å². The van der Waals surface area contributed by atoms with Gasteiger partial charge in [0, 0.05) is 12.0 Å². The molecule has 2 aromatic rings. The second-order valence-electron chi connectivity index (χ2n) is 4.94. The van der Waals surface area contributed by atoms with Crippen molar-refractivity contribution in [1.82, 2.24) is 14.3 Å². The Kier molecular flexibility index (Phi) is 1.50. The van der Waals surface area contributed by atoms with E-state index in [0.717, 1.165) is 11.3 Å². The van der Waals surface area contributed by atoms with Crippen LogP contribution in [-0.4, -0.2) is 14.3 Å². The molecule has 92 valence electrons. The van der Waals surface area contributed by atoms with Gasteiger partial charge in [-0.3, -0.25) is 0 Å². The van der Waals surface area contributed by atoms with Crippen LogP contribution in [0.3, 0.4) is 0 Å². The topological polar surface area (TPSA) is 75.1 Å². The van der Waals surface area contributed by atoms with Gasteiger partial charge in [-0.1, -0.05) is 18.2 Å². The van der Waals surface area contributed by atoms with Gasteiger partial charge in [-0.2, -0.15) is 9.67 Å². The Labute approximate surface area is 103 Å². The monoisotopic (exact) mass is 244 g/mol. The zero-order valence-corrected chi connectivity index (χ0v) is 9.83. The van der Waals surface area contributed by atoms with Crippen LogP contribution in [0.4, 0.5) is 5.95 Å². The lowest BCUT2D eigenvalue weighted by atomic mass is 9.96. The number of rotatable bonds is 0. The summed E-state index contributed by atoms with van der Waals surface area (Å²) in [6.45, 7) is 1.89. The van der Waals surface area contributed by atoms with E-state index in [9.17, 15) is 4.79 Å². The highest BCUT2D eigenvalue weighted by atomic mass is 16.5. The van der Waals surface area contributed by atoms with Crippen molar-refractivity contribution in [3.63, 3.8) is 0 Å². The van der Waals surface area contributed by atoms with Crippen LogP contribution in [0.2, 0.25) is 0 Å². The zero-order chi connectivity index (χ0) is 12.5. The Morgan fingerprint density at radius 1 is 1.50 bits per heavy atom. The van der Waals surface area contributed by atoms with Crippen molar-refractivity contribution in [2.45, 2.75) is 25.1 Å². The van der Waals surface area contributed by atoms with E-state index in [0.29, 0.717) is 6.42 Å². The minimum absolute atomic E-state index is 0.0233. The summed E-state index contributed by atoms with van der Waals surface area (Å²) in [7, 11) is 0. The first kappa shape index (κ1) is 9.76. The van der Waals surface area contributed by atoms with E-state index in [2.05, 4.69) is 4.98 Å². The third-order valence-corrected chi connectivity index (χ3v) is 3.76. The second-order valence-corrected chi connectivity index (χ2v) is 4.94. The van der Waals surface area contributed by atoms with E-state index in [-0.39, 0.29) is 17.7 Å². The number of aromatic nitrogens is 3. The summed E-state index contributed by atoms with van der Waals surface area (Å²) in [4.78, 5) is 15.7. The number of nitrogens with zero attached hydrogens (tertiary/aromatic N) is 3. The average molecular weight is 244 g/mol. The van der Waals surface area contributed by atoms with E-state index in [1.54, 1.807) is 4.68 Å². The van der Waals surface area contributed by atoms with Gasteiger partial charge in [-0.25, -0.2) is 9.48 Å². The van der Waals surface area contributed by atoms with Gasteiger partial charge in [-0.15, -0.1) is 0 Å². The van der Waals surface area contributed by atoms with Crippen LogP contribution in [0.5, 0.6) is 5.75 Å². The fourth-order valence-electron chi connectivity index (χ4n) is 3.06. The highest BCUT2D eigenvalue weighted by molar-refractivity contribution is 5.41. The molecule has 2 aliphatic rings. The number of para-hydroxylation sites is 1. The number of anilines is 1. The van der Waals surface area contributed by atoms with Crippen molar-refractivity contribution in [3.8, 4) is 5.75 Å². The molecule has 0 fully saturated rings. The van der Waals surface area contributed by atoms with Gasteiger partial charge >= 0.3 is 5.69 Å². The van der Waals surface area contributed by atoms with Crippen molar-refractivity contribution < 1.29 is 4.74 Å². The SMILES string of the molecule is C[C@]12C[C@H](c3ccccc3O1)n1c(N)nc(=O)n12. The molecule has 0 spiro atoms. The number of hydrogen-bond donors (Lipinski definition) is 1. The zero-order valence-electron chi connectivity index (χ0n) is 9.83. The first-order chi connectivity index (χ1) is 8.60. The Morgan fingerprint density at radius 3 is 3.11 bits per heavy atom. The molecule has 1 aromatic carbocycles. The maximum absolute atomic E-state index is 11.9. The van der Waals surface area contributed by atoms with Gasteiger partial charge in [0.2, 0.25) is 11.7 Å². The van der Waals surface area contributed by atoms with Crippen LogP contribution < -0.4 is 16.2 Å². The van der Waals surface area contributed by atoms with Crippen LogP contribution in [-0.2, 0) is 5.72 Å². The third kappa shape index (κ3) is 0.942. The second kappa shape index (κ2) is 2.77. The molecule has 2 N–H and O–H groups in total. The van der Waals surface area contributed by atoms with Crippen molar-refractivity contribution in [1.29, 1.82) is 0 Å². The van der Waals surface area contributed by atoms with Gasteiger partial charge in [0.25, 0.3) is 0 Å². The molecule has 0 saturated carbocycles. The molecule has 0 radical (unpaired) electrons. The summed E-state index contributed by atoms with van der Waals surface area (Å²) in [6.07, 6.45) is 0.700. The van der Waals surface area contributed by atoms with Gasteiger partial charge in [-0.05, 0) is 13.0 Å². The highest BCUT2D eigenvalue weighted by Crippen LogP contribution is 2.48. The van der Waals surface area contributed by atoms with Crippen molar-refractivity contribution >= 4 is 5.95 Å². The molecule has 2 aliphatic heterocycles. The Morgan fingerprint density at radius 2 is 2.28 bits per heavy atom. The molecule has 2 bridgehead atoms. The van der Waals surface area contributed by atoms with Gasteiger partial charge in [0.05, 0.1) is 6.04 Å². The minimum Gasteiger partial charge on any atom is -0.466 e. The molecular formula is C12H12N4O2. The lowest BCUT2D eigenvalue weighted by molar-refractivity contribution is 0.000788. The van der Waals surface area contributed by atoms with Crippen LogP contribution >= 0.6 is 0 Å². The predicted molar refractivity (Wildman–Crippen MR) is 64.4 cm³/mol. The van der Waals surface area contributed by atoms with Crippen molar-refractivity contribution in [2.24, 2.45) is 0 Å². The van der Waals surface area contributed by atoms with Crippen LogP contribution in [0.25, 0.3) is 0 Å². The standard InChI is InChI=1S/C12H12N4O2/c1-12-6-8(7-4-2-3-5-9(7)18-12)15-10(13)14-11(17)16(12)15/h2-5,8H,6H2,1H3,(H2,13,14,17)/t8-,12-/m1/s1. The first-order valence-electron chi connectivity index (χ1n) is 5.86. The smallest absolute Gasteiger partial charge is 0.369 e. The quantitative estimate of drug-likeness (QED) is 0.739. The molecule has 0 unspecified atom stereocenters. The molecule has 6 heteroatoms. The van der Waals surface area contributed by atoms with Crippen molar-refractivity contribution in [2.75, 3.05) is 5.73 Å². The van der Waals surface area contributed by atoms with E-state index < -0.39 is 5.72 Å². The normalized spacial score (nSPS) is 27.5. The van der Waals surface area contributed by atoms with E-state index in [4.69, 9.17) is 10.5 Å². The molecule has 0 aliphatic carbocycles. The molecule has 2 atom stereocenters. The molecule has 3 heterocycles. The van der Waals surface area contributed by atoms with Gasteiger partial charge in [0.1, 0.15) is 5.75 Å². The third-order valence-electron chi connectivity index (χ3n) is 3.76. The maximum atomic E-state index is 11.9. The predicted octanol–water partition coefficient (Wildman–Crippen LogP) is 0.685. The number of benzene rings is 1. The van der Waals surface area contributed by atoms with E-state index >= 15 is 0 Å². The summed E-state index contributed by atoms with van der Waals surface area (Å²) in [5.41, 5.74) is 5.84. The summed E-state index contributed by atoms with van der Waals surface area (Å²) in [5.74, 6) is 1.06. The van der Waals surface area contributed by atoms with Crippen LogP contribution in [0, 0.1) is 0 Å². The number of nitrogens with two attached hydrogens (primary N) is 1. The average Bonchev–Trinajstić information content (AvgIpc) is 2.76. The van der Waals surface area contributed by atoms with Gasteiger partial charge < -0.3 is 10.5 Å². The molecule has 4 rings (SSSR count). The summed E-state index contributed by atoms with van der Waals surface area (Å²) in [6, 6.07) is 7.82. The Hall–Kier alpha value is -2.24. The number of nitrogen functional groups attached to an aromatic ring is 1. The summed E-state index contributed by atoms with van der Waals surface area (Å²) < 4.78 is 9.24. The van der Waals surface area contributed by atoms with Crippen molar-refractivity contribution in [3.05, 3.63) is 40.3 Å². The fourth-order valence-corrected chi connectivity index (χ4v) is 3.06. The maximum Gasteiger partial charge on any atom is 0.369 e. The molecule has 18 heavy (non-hydrogen) atoms. The van der Waals surface area contributed by atoms with Gasteiger partial charge in [0.15, 0.2) is 0 Å². The first-order valence-corrected chi connectivity index (χ1v) is 5.86. The van der Waals surface area contributed by atoms with E-state index in [1.165, 1.54) is 4.68 Å². The lowest BCUT2D eigenvalue weighted by Gasteiger charge is -2.30. The Bertz CT molecular complexity index is 717. The molecule has 1 aromatic heterocycles. The largest absolute Gasteiger partial charge is 0.466 e. The molecule has 0 amide bonds. The molecular weight excluding hydrogens is 232 g/mol. The van der Waals surface area contributed by atoms with Crippen LogP contribution in [0.15, 0.2) is 29.1 Å². The summed E-state index contributed by atoms with van der Waals surface area (Å²) in [5, 5.41) is 0. The molecule has 6 nitrogen and oxygen atoms in total. The lowest BCUT2D eigenvalue weighted by Crippen LogP contribution is -2.41.